The molecule has 0 aliphatic carbocycles. The molecule has 1 aromatic carbocycles. The molecule has 1 rings (SSSR count). The Morgan fingerprint density at radius 1 is 1.24 bits per heavy atom. The summed E-state index contributed by atoms with van der Waals surface area (Å²) < 4.78 is 30.7. The standard InChI is InChI=1S/C13H19F2NO/c1-3-8-16-12(13(14)15)11-6-4-10(5-7-11)9-17-2/h4-7,12-13,16H,3,8-9H2,1-2H3. The minimum atomic E-state index is -2.39. The molecule has 1 unspecified atom stereocenters. The Morgan fingerprint density at radius 3 is 2.35 bits per heavy atom. The molecule has 0 fully saturated rings. The number of benzene rings is 1. The number of methoxy groups -OCH3 is 1. The Bertz CT molecular complexity index is 314. The van der Waals surface area contributed by atoms with Gasteiger partial charge in [-0.15, -0.1) is 0 Å². The molecule has 17 heavy (non-hydrogen) atoms. The lowest BCUT2D eigenvalue weighted by Crippen LogP contribution is -2.27. The summed E-state index contributed by atoms with van der Waals surface area (Å²) in [5.41, 5.74) is 1.60. The van der Waals surface area contributed by atoms with Gasteiger partial charge in [-0.25, -0.2) is 8.78 Å². The highest BCUT2D eigenvalue weighted by Gasteiger charge is 2.21. The Balaban J connectivity index is 2.72. The molecule has 1 atom stereocenters. The Morgan fingerprint density at radius 2 is 1.88 bits per heavy atom. The number of nitrogens with one attached hydrogen (secondary N) is 1. The van der Waals surface area contributed by atoms with E-state index in [9.17, 15) is 8.78 Å². The summed E-state index contributed by atoms with van der Waals surface area (Å²) in [6.45, 7) is 3.05. The summed E-state index contributed by atoms with van der Waals surface area (Å²) in [5.74, 6) is 0. The van der Waals surface area contributed by atoms with Crippen LogP contribution in [-0.2, 0) is 11.3 Å². The summed E-state index contributed by atoms with van der Waals surface area (Å²) in [6.07, 6.45) is -1.56. The first kappa shape index (κ1) is 14.1. The smallest absolute Gasteiger partial charge is 0.257 e. The quantitative estimate of drug-likeness (QED) is 0.794. The summed E-state index contributed by atoms with van der Waals surface area (Å²) in [7, 11) is 1.61. The molecule has 0 bridgehead atoms. The van der Waals surface area contributed by atoms with Crippen LogP contribution in [0, 0.1) is 0 Å². The van der Waals surface area contributed by atoms with Gasteiger partial charge in [-0.2, -0.15) is 0 Å². The molecule has 0 spiro atoms. The maximum Gasteiger partial charge on any atom is 0.257 e. The Labute approximate surface area is 101 Å². The first-order valence-electron chi connectivity index (χ1n) is 5.78. The van der Waals surface area contributed by atoms with Crippen LogP contribution >= 0.6 is 0 Å². The molecule has 0 aromatic heterocycles. The van der Waals surface area contributed by atoms with Gasteiger partial charge >= 0.3 is 0 Å². The van der Waals surface area contributed by atoms with Gasteiger partial charge in [0.05, 0.1) is 12.6 Å². The van der Waals surface area contributed by atoms with Crippen LogP contribution in [0.2, 0.25) is 0 Å². The second-order valence-electron chi connectivity index (χ2n) is 3.94. The van der Waals surface area contributed by atoms with E-state index in [0.29, 0.717) is 18.7 Å². The first-order chi connectivity index (χ1) is 8.19. The predicted octanol–water partition coefficient (Wildman–Crippen LogP) is 3.14. The minimum absolute atomic E-state index is 0.502. The van der Waals surface area contributed by atoms with E-state index < -0.39 is 12.5 Å². The zero-order valence-corrected chi connectivity index (χ0v) is 10.2. The van der Waals surface area contributed by atoms with Crippen molar-refractivity contribution in [3.8, 4) is 0 Å². The van der Waals surface area contributed by atoms with Gasteiger partial charge in [0, 0.05) is 7.11 Å². The van der Waals surface area contributed by atoms with Crippen LogP contribution in [-0.4, -0.2) is 20.1 Å². The number of alkyl halides is 2. The van der Waals surface area contributed by atoms with E-state index in [1.54, 1.807) is 19.2 Å². The molecule has 96 valence electrons. The highest BCUT2D eigenvalue weighted by atomic mass is 19.3. The molecule has 0 heterocycles. The molecular weight excluding hydrogens is 224 g/mol. The van der Waals surface area contributed by atoms with Crippen molar-refractivity contribution in [1.29, 1.82) is 0 Å². The third-order valence-electron chi connectivity index (χ3n) is 2.52. The third kappa shape index (κ3) is 4.40. The van der Waals surface area contributed by atoms with Crippen LogP contribution in [0.5, 0.6) is 0 Å². The summed E-state index contributed by atoms with van der Waals surface area (Å²) in [4.78, 5) is 0. The zero-order chi connectivity index (χ0) is 12.7. The average molecular weight is 243 g/mol. The third-order valence-corrected chi connectivity index (χ3v) is 2.52. The topological polar surface area (TPSA) is 21.3 Å². The first-order valence-corrected chi connectivity index (χ1v) is 5.78. The van der Waals surface area contributed by atoms with E-state index in [2.05, 4.69) is 5.32 Å². The van der Waals surface area contributed by atoms with Crippen molar-refractivity contribution >= 4 is 0 Å². The molecule has 1 aromatic rings. The normalized spacial score (nSPS) is 13.0. The van der Waals surface area contributed by atoms with Gasteiger partial charge in [0.1, 0.15) is 0 Å². The van der Waals surface area contributed by atoms with Crippen molar-refractivity contribution in [2.45, 2.75) is 32.4 Å². The minimum Gasteiger partial charge on any atom is -0.380 e. The zero-order valence-electron chi connectivity index (χ0n) is 10.2. The number of halogens is 2. The average Bonchev–Trinajstić information content (AvgIpc) is 2.31. The van der Waals surface area contributed by atoms with E-state index in [4.69, 9.17) is 4.74 Å². The van der Waals surface area contributed by atoms with Crippen LogP contribution in [0.3, 0.4) is 0 Å². The Kier molecular flexibility index (Phi) is 6.08. The van der Waals surface area contributed by atoms with Crippen LogP contribution < -0.4 is 5.32 Å². The van der Waals surface area contributed by atoms with Crippen molar-refractivity contribution in [1.82, 2.24) is 5.32 Å². The molecule has 0 radical (unpaired) electrons. The van der Waals surface area contributed by atoms with Crippen molar-refractivity contribution < 1.29 is 13.5 Å². The van der Waals surface area contributed by atoms with E-state index in [-0.39, 0.29) is 0 Å². The van der Waals surface area contributed by atoms with Crippen LogP contribution in [0.1, 0.15) is 30.5 Å². The molecule has 4 heteroatoms. The maximum atomic E-state index is 12.9. The molecule has 1 N–H and O–H groups in total. The van der Waals surface area contributed by atoms with E-state index in [1.807, 2.05) is 19.1 Å². The van der Waals surface area contributed by atoms with Crippen LogP contribution in [0.4, 0.5) is 8.78 Å². The van der Waals surface area contributed by atoms with E-state index in [0.717, 1.165) is 12.0 Å². The van der Waals surface area contributed by atoms with Gasteiger partial charge in [0.15, 0.2) is 0 Å². The largest absolute Gasteiger partial charge is 0.380 e. The van der Waals surface area contributed by atoms with Gasteiger partial charge in [-0.1, -0.05) is 31.2 Å². The second kappa shape index (κ2) is 7.35. The van der Waals surface area contributed by atoms with Gasteiger partial charge in [0.2, 0.25) is 0 Å². The highest BCUT2D eigenvalue weighted by molar-refractivity contribution is 5.25. The highest BCUT2D eigenvalue weighted by Crippen LogP contribution is 2.21. The summed E-state index contributed by atoms with van der Waals surface area (Å²) >= 11 is 0. The molecule has 2 nitrogen and oxygen atoms in total. The molecule has 0 aliphatic rings. The molecule has 0 saturated heterocycles. The van der Waals surface area contributed by atoms with Gasteiger partial charge in [-0.3, -0.25) is 0 Å². The maximum absolute atomic E-state index is 12.9. The van der Waals surface area contributed by atoms with Gasteiger partial charge in [0.25, 0.3) is 6.43 Å². The van der Waals surface area contributed by atoms with Crippen molar-refractivity contribution in [2.75, 3.05) is 13.7 Å². The number of hydrogen-bond donors (Lipinski definition) is 1. The lowest BCUT2D eigenvalue weighted by Gasteiger charge is -2.18. The second-order valence-corrected chi connectivity index (χ2v) is 3.94. The number of ether oxygens (including phenoxy) is 1. The lowest BCUT2D eigenvalue weighted by molar-refractivity contribution is 0.0985. The SMILES string of the molecule is CCCNC(c1ccc(COC)cc1)C(F)F. The monoisotopic (exact) mass is 243 g/mol. The molecular formula is C13H19F2NO. The van der Waals surface area contributed by atoms with E-state index >= 15 is 0 Å². The van der Waals surface area contributed by atoms with Gasteiger partial charge in [-0.05, 0) is 24.1 Å². The van der Waals surface area contributed by atoms with Gasteiger partial charge < -0.3 is 10.1 Å². The molecule has 0 aliphatic heterocycles. The summed E-state index contributed by atoms with van der Waals surface area (Å²) in [5, 5.41) is 2.86. The lowest BCUT2D eigenvalue weighted by atomic mass is 10.1. The predicted molar refractivity (Wildman–Crippen MR) is 64.2 cm³/mol. The van der Waals surface area contributed by atoms with E-state index in [1.165, 1.54) is 0 Å². The van der Waals surface area contributed by atoms with Crippen molar-refractivity contribution in [3.63, 3.8) is 0 Å². The fraction of sp³-hybridized carbons (Fsp3) is 0.538. The summed E-state index contributed by atoms with van der Waals surface area (Å²) in [6, 6.07) is 6.22. The van der Waals surface area contributed by atoms with Crippen LogP contribution in [0.25, 0.3) is 0 Å². The fourth-order valence-electron chi connectivity index (χ4n) is 1.64. The molecule has 0 saturated carbocycles. The van der Waals surface area contributed by atoms with Crippen LogP contribution in [0.15, 0.2) is 24.3 Å². The van der Waals surface area contributed by atoms with Crippen molar-refractivity contribution in [3.05, 3.63) is 35.4 Å². The number of rotatable bonds is 7. The number of hydrogen-bond acceptors (Lipinski definition) is 2. The van der Waals surface area contributed by atoms with Crippen molar-refractivity contribution in [2.24, 2.45) is 0 Å². The Hall–Kier alpha value is -1.00. The fourth-order valence-corrected chi connectivity index (χ4v) is 1.64. The molecule has 0 amide bonds.